The maximum Gasteiger partial charge on any atom is 0.230 e. The molecule has 31 heavy (non-hydrogen) atoms. The molecule has 0 bridgehead atoms. The highest BCUT2D eigenvalue weighted by atomic mass is 16.5. The zero-order valence-corrected chi connectivity index (χ0v) is 18.9. The molecule has 1 saturated heterocycles. The van der Waals surface area contributed by atoms with Gasteiger partial charge in [0.2, 0.25) is 11.9 Å². The van der Waals surface area contributed by atoms with Gasteiger partial charge < -0.3 is 24.0 Å². The third-order valence-corrected chi connectivity index (χ3v) is 5.44. The van der Waals surface area contributed by atoms with Gasteiger partial charge >= 0.3 is 0 Å². The normalized spacial score (nSPS) is 14.7. The molecular weight excluding hydrogens is 392 g/mol. The van der Waals surface area contributed by atoms with Gasteiger partial charge in [0.15, 0.2) is 0 Å². The molecule has 0 saturated carbocycles. The first kappa shape index (κ1) is 21.0. The summed E-state index contributed by atoms with van der Waals surface area (Å²) < 4.78 is 7.62. The maximum atomic E-state index is 5.66. The predicted octanol–water partition coefficient (Wildman–Crippen LogP) is 1.78. The van der Waals surface area contributed by atoms with Gasteiger partial charge in [-0.25, -0.2) is 4.98 Å². The second kappa shape index (κ2) is 8.89. The number of likely N-dealkylation sites (N-methyl/N-ethyl adjacent to an activating group) is 1. The number of anilines is 2. The van der Waals surface area contributed by atoms with Gasteiger partial charge in [-0.2, -0.15) is 15.0 Å². The van der Waals surface area contributed by atoms with E-state index in [4.69, 9.17) is 9.72 Å². The molecule has 9 heteroatoms. The summed E-state index contributed by atoms with van der Waals surface area (Å²) in [5.41, 5.74) is 3.00. The molecule has 1 aromatic carbocycles. The Bertz CT molecular complexity index is 1040. The van der Waals surface area contributed by atoms with Crippen molar-refractivity contribution in [2.75, 3.05) is 64.2 Å². The van der Waals surface area contributed by atoms with E-state index >= 15 is 0 Å². The van der Waals surface area contributed by atoms with E-state index in [0.717, 1.165) is 60.6 Å². The molecular formula is C22H30N8O. The average molecular weight is 423 g/mol. The smallest absolute Gasteiger partial charge is 0.230 e. The Morgan fingerprint density at radius 3 is 2.48 bits per heavy atom. The van der Waals surface area contributed by atoms with Crippen LogP contribution in [0.1, 0.15) is 17.1 Å². The second-order valence-corrected chi connectivity index (χ2v) is 8.14. The van der Waals surface area contributed by atoms with Crippen LogP contribution in [-0.2, 0) is 6.42 Å². The highest BCUT2D eigenvalue weighted by Gasteiger charge is 2.19. The summed E-state index contributed by atoms with van der Waals surface area (Å²) in [7, 11) is 7.74. The van der Waals surface area contributed by atoms with Crippen molar-refractivity contribution in [3.8, 4) is 11.4 Å². The van der Waals surface area contributed by atoms with Crippen molar-refractivity contribution in [1.82, 2.24) is 29.4 Å². The zero-order valence-electron chi connectivity index (χ0n) is 18.9. The highest BCUT2D eigenvalue weighted by Crippen LogP contribution is 2.26. The van der Waals surface area contributed by atoms with Crippen molar-refractivity contribution in [2.24, 2.45) is 0 Å². The van der Waals surface area contributed by atoms with Gasteiger partial charge in [-0.1, -0.05) is 6.07 Å². The SMILES string of the molecule is COc1cc(Cc2nc(N(C)C)nc(N3CCN(C)CC3)n2)ccc1-n1cnc(C)c1. The van der Waals surface area contributed by atoms with Crippen molar-refractivity contribution in [3.63, 3.8) is 0 Å². The summed E-state index contributed by atoms with van der Waals surface area (Å²) in [5.74, 6) is 2.97. The lowest BCUT2D eigenvalue weighted by atomic mass is 10.1. The van der Waals surface area contributed by atoms with Gasteiger partial charge in [0.05, 0.1) is 24.8 Å². The Morgan fingerprint density at radius 1 is 1.06 bits per heavy atom. The molecule has 3 aromatic rings. The largest absolute Gasteiger partial charge is 0.495 e. The molecule has 3 heterocycles. The van der Waals surface area contributed by atoms with Crippen LogP contribution in [0.5, 0.6) is 5.75 Å². The van der Waals surface area contributed by atoms with Crippen molar-refractivity contribution < 1.29 is 4.74 Å². The standard InChI is InChI=1S/C22H30N8O/c1-16-14-30(15-23-16)18-7-6-17(12-19(18)31-5)13-20-24-21(27(2)3)26-22(25-20)29-10-8-28(4)9-11-29/h6-7,12,14-15H,8-11,13H2,1-5H3. The number of hydrogen-bond acceptors (Lipinski definition) is 8. The lowest BCUT2D eigenvalue weighted by Gasteiger charge is -2.32. The number of imidazole rings is 1. The topological polar surface area (TPSA) is 75.4 Å². The van der Waals surface area contributed by atoms with Crippen LogP contribution in [0.2, 0.25) is 0 Å². The molecule has 1 aliphatic heterocycles. The van der Waals surface area contributed by atoms with Crippen molar-refractivity contribution in [2.45, 2.75) is 13.3 Å². The van der Waals surface area contributed by atoms with Crippen LogP contribution in [0.25, 0.3) is 5.69 Å². The fourth-order valence-electron chi connectivity index (χ4n) is 3.60. The fraction of sp³-hybridized carbons (Fsp3) is 0.455. The molecule has 0 amide bonds. The number of piperazine rings is 1. The van der Waals surface area contributed by atoms with Crippen LogP contribution in [-0.4, -0.2) is 83.8 Å². The zero-order chi connectivity index (χ0) is 22.0. The molecule has 1 fully saturated rings. The highest BCUT2D eigenvalue weighted by molar-refractivity contribution is 5.50. The molecule has 1 aliphatic rings. The van der Waals surface area contributed by atoms with Crippen molar-refractivity contribution in [3.05, 3.63) is 47.8 Å². The second-order valence-electron chi connectivity index (χ2n) is 8.14. The Hall–Kier alpha value is -3.20. The minimum Gasteiger partial charge on any atom is -0.495 e. The number of aromatic nitrogens is 5. The molecule has 9 nitrogen and oxygen atoms in total. The van der Waals surface area contributed by atoms with Crippen LogP contribution in [0.3, 0.4) is 0 Å². The summed E-state index contributed by atoms with van der Waals surface area (Å²) in [5, 5.41) is 0. The first-order valence-corrected chi connectivity index (χ1v) is 10.5. The minimum absolute atomic E-state index is 0.601. The van der Waals surface area contributed by atoms with E-state index < -0.39 is 0 Å². The molecule has 0 unspecified atom stereocenters. The summed E-state index contributed by atoms with van der Waals surface area (Å²) in [6.45, 7) is 5.81. The molecule has 0 atom stereocenters. The Morgan fingerprint density at radius 2 is 1.84 bits per heavy atom. The van der Waals surface area contributed by atoms with Crippen LogP contribution in [0.15, 0.2) is 30.7 Å². The number of methoxy groups -OCH3 is 1. The van der Waals surface area contributed by atoms with Gasteiger partial charge in [0, 0.05) is 52.9 Å². The lowest BCUT2D eigenvalue weighted by molar-refractivity contribution is 0.311. The maximum absolute atomic E-state index is 5.66. The Labute approximate surface area is 183 Å². The van der Waals surface area contributed by atoms with Crippen molar-refractivity contribution >= 4 is 11.9 Å². The van der Waals surface area contributed by atoms with Crippen LogP contribution >= 0.6 is 0 Å². The van der Waals surface area contributed by atoms with E-state index in [-0.39, 0.29) is 0 Å². The molecule has 0 aliphatic carbocycles. The number of rotatable bonds is 6. The van der Waals surface area contributed by atoms with Gasteiger partial charge in [0.25, 0.3) is 0 Å². The van der Waals surface area contributed by atoms with E-state index in [2.05, 4.69) is 37.9 Å². The van der Waals surface area contributed by atoms with E-state index in [1.54, 1.807) is 13.4 Å². The summed E-state index contributed by atoms with van der Waals surface area (Å²) in [6, 6.07) is 6.17. The van der Waals surface area contributed by atoms with E-state index in [1.807, 2.05) is 48.8 Å². The molecule has 4 rings (SSSR count). The minimum atomic E-state index is 0.601. The first-order valence-electron chi connectivity index (χ1n) is 10.5. The lowest BCUT2D eigenvalue weighted by Crippen LogP contribution is -2.45. The van der Waals surface area contributed by atoms with Gasteiger partial charge in [0.1, 0.15) is 11.6 Å². The molecule has 0 radical (unpaired) electrons. The monoisotopic (exact) mass is 422 g/mol. The predicted molar refractivity (Wildman–Crippen MR) is 122 cm³/mol. The van der Waals surface area contributed by atoms with E-state index in [9.17, 15) is 0 Å². The van der Waals surface area contributed by atoms with Crippen LogP contribution in [0, 0.1) is 6.92 Å². The van der Waals surface area contributed by atoms with E-state index in [0.29, 0.717) is 12.4 Å². The summed E-state index contributed by atoms with van der Waals surface area (Å²) >= 11 is 0. The van der Waals surface area contributed by atoms with Gasteiger partial charge in [-0.3, -0.25) is 0 Å². The Kier molecular flexibility index (Phi) is 6.03. The van der Waals surface area contributed by atoms with Gasteiger partial charge in [-0.05, 0) is 31.7 Å². The number of ether oxygens (including phenoxy) is 1. The first-order chi connectivity index (χ1) is 14.9. The third-order valence-electron chi connectivity index (χ3n) is 5.44. The fourth-order valence-corrected chi connectivity index (χ4v) is 3.60. The number of benzene rings is 1. The number of aryl methyl sites for hydroxylation is 1. The van der Waals surface area contributed by atoms with Crippen LogP contribution in [0.4, 0.5) is 11.9 Å². The van der Waals surface area contributed by atoms with Crippen molar-refractivity contribution in [1.29, 1.82) is 0 Å². The summed E-state index contributed by atoms with van der Waals surface area (Å²) in [4.78, 5) is 25.0. The van der Waals surface area contributed by atoms with E-state index in [1.165, 1.54) is 0 Å². The van der Waals surface area contributed by atoms with Crippen LogP contribution < -0.4 is 14.5 Å². The third kappa shape index (κ3) is 4.77. The number of nitrogens with zero attached hydrogens (tertiary/aromatic N) is 8. The van der Waals surface area contributed by atoms with Gasteiger partial charge in [-0.15, -0.1) is 0 Å². The Balaban J connectivity index is 1.62. The molecule has 164 valence electrons. The molecule has 0 N–H and O–H groups in total. The quantitative estimate of drug-likeness (QED) is 0.595. The number of hydrogen-bond donors (Lipinski definition) is 0. The summed E-state index contributed by atoms with van der Waals surface area (Å²) in [6.07, 6.45) is 4.38. The average Bonchev–Trinajstić information content (AvgIpc) is 3.20. The molecule has 2 aromatic heterocycles. The molecule has 0 spiro atoms.